The van der Waals surface area contributed by atoms with Crippen LogP contribution in [0, 0.1) is 3.57 Å². The van der Waals surface area contributed by atoms with Crippen LogP contribution >= 0.6 is 22.6 Å². The van der Waals surface area contributed by atoms with Gasteiger partial charge in [-0.25, -0.2) is 0 Å². The molecule has 2 N–H and O–H groups in total. The largest absolute Gasteiger partial charge is 0.573 e. The van der Waals surface area contributed by atoms with Crippen molar-refractivity contribution < 1.29 is 22.6 Å². The van der Waals surface area contributed by atoms with Gasteiger partial charge in [0.05, 0.1) is 5.69 Å². The second-order valence-electron chi connectivity index (χ2n) is 3.80. The summed E-state index contributed by atoms with van der Waals surface area (Å²) in [5.41, 5.74) is 6.23. The summed E-state index contributed by atoms with van der Waals surface area (Å²) in [6.07, 6.45) is -4.71. The molecule has 106 valence electrons. The maximum Gasteiger partial charge on any atom is 0.573 e. The van der Waals surface area contributed by atoms with E-state index in [9.17, 15) is 13.2 Å². The van der Waals surface area contributed by atoms with E-state index in [0.717, 1.165) is 3.57 Å². The Labute approximate surface area is 126 Å². The first-order valence-electron chi connectivity index (χ1n) is 5.42. The maximum absolute atomic E-state index is 12.0. The van der Waals surface area contributed by atoms with Crippen LogP contribution in [0.4, 0.5) is 18.9 Å². The quantitative estimate of drug-likeness (QED) is 0.612. The molecule has 0 fully saturated rings. The average molecular weight is 395 g/mol. The summed E-state index contributed by atoms with van der Waals surface area (Å²) in [4.78, 5) is 0. The molecule has 3 nitrogen and oxygen atoms in total. The Bertz CT molecular complexity index is 600. The summed E-state index contributed by atoms with van der Waals surface area (Å²) in [6, 6.07) is 10.3. The van der Waals surface area contributed by atoms with Gasteiger partial charge in [-0.3, -0.25) is 0 Å². The number of rotatable bonds is 3. The number of nitrogens with two attached hydrogens (primary N) is 1. The molecule has 0 radical (unpaired) electrons. The van der Waals surface area contributed by atoms with Crippen molar-refractivity contribution in [3.05, 3.63) is 46.0 Å². The predicted octanol–water partition coefficient (Wildman–Crippen LogP) is 4.56. The highest BCUT2D eigenvalue weighted by atomic mass is 127. The fourth-order valence-corrected chi connectivity index (χ4v) is 1.96. The highest BCUT2D eigenvalue weighted by molar-refractivity contribution is 14.1. The number of nitrogen functional groups attached to an aromatic ring is 1. The zero-order valence-corrected chi connectivity index (χ0v) is 12.1. The van der Waals surface area contributed by atoms with Gasteiger partial charge in [-0.05, 0) is 65.1 Å². The monoisotopic (exact) mass is 395 g/mol. The molecule has 0 aliphatic carbocycles. The van der Waals surface area contributed by atoms with E-state index in [0.29, 0.717) is 17.2 Å². The number of anilines is 1. The first kappa shape index (κ1) is 14.8. The molecule has 0 atom stereocenters. The molecule has 0 aliphatic heterocycles. The molecule has 0 saturated carbocycles. The lowest BCUT2D eigenvalue weighted by Crippen LogP contribution is -2.16. The van der Waals surface area contributed by atoms with Crippen LogP contribution in [-0.4, -0.2) is 6.36 Å². The molecule has 0 aliphatic rings. The highest BCUT2D eigenvalue weighted by Gasteiger charge is 2.30. The van der Waals surface area contributed by atoms with Crippen LogP contribution in [0.15, 0.2) is 42.5 Å². The van der Waals surface area contributed by atoms with Gasteiger partial charge in [-0.15, -0.1) is 13.2 Å². The van der Waals surface area contributed by atoms with Gasteiger partial charge >= 0.3 is 6.36 Å². The van der Waals surface area contributed by atoms with E-state index in [1.165, 1.54) is 24.3 Å². The molecule has 2 rings (SSSR count). The first-order chi connectivity index (χ1) is 9.33. The Morgan fingerprint density at radius 3 is 2.10 bits per heavy atom. The van der Waals surface area contributed by atoms with Crippen LogP contribution < -0.4 is 15.2 Å². The summed E-state index contributed by atoms with van der Waals surface area (Å²) in [7, 11) is 0. The lowest BCUT2D eigenvalue weighted by Gasteiger charge is -2.11. The molecular weight excluding hydrogens is 386 g/mol. The third kappa shape index (κ3) is 4.19. The van der Waals surface area contributed by atoms with Crippen molar-refractivity contribution in [2.24, 2.45) is 0 Å². The average Bonchev–Trinajstić information content (AvgIpc) is 2.33. The Kier molecular flexibility index (Phi) is 4.26. The van der Waals surface area contributed by atoms with E-state index in [-0.39, 0.29) is 5.75 Å². The van der Waals surface area contributed by atoms with Gasteiger partial charge in [0, 0.05) is 3.57 Å². The van der Waals surface area contributed by atoms with E-state index < -0.39 is 6.36 Å². The van der Waals surface area contributed by atoms with Gasteiger partial charge in [-0.1, -0.05) is 0 Å². The minimum atomic E-state index is -4.71. The molecule has 0 unspecified atom stereocenters. The maximum atomic E-state index is 12.0. The van der Waals surface area contributed by atoms with Crippen LogP contribution in [0.1, 0.15) is 0 Å². The number of benzene rings is 2. The van der Waals surface area contributed by atoms with Crippen molar-refractivity contribution in [3.8, 4) is 17.2 Å². The fraction of sp³-hybridized carbons (Fsp3) is 0.0769. The molecule has 20 heavy (non-hydrogen) atoms. The topological polar surface area (TPSA) is 44.5 Å². The van der Waals surface area contributed by atoms with Crippen LogP contribution in [0.2, 0.25) is 0 Å². The molecule has 0 bridgehead atoms. The van der Waals surface area contributed by atoms with Gasteiger partial charge in [-0.2, -0.15) is 0 Å². The molecular formula is C13H9F3INO2. The van der Waals surface area contributed by atoms with Crippen molar-refractivity contribution in [1.29, 1.82) is 0 Å². The zero-order chi connectivity index (χ0) is 14.8. The van der Waals surface area contributed by atoms with Crippen molar-refractivity contribution in [3.63, 3.8) is 0 Å². The fourth-order valence-electron chi connectivity index (χ4n) is 1.45. The summed E-state index contributed by atoms with van der Waals surface area (Å²) < 4.78 is 46.2. The lowest BCUT2D eigenvalue weighted by atomic mass is 10.3. The molecule has 7 heteroatoms. The van der Waals surface area contributed by atoms with Gasteiger partial charge in [0.25, 0.3) is 0 Å². The van der Waals surface area contributed by atoms with Crippen molar-refractivity contribution in [1.82, 2.24) is 0 Å². The predicted molar refractivity (Wildman–Crippen MR) is 76.8 cm³/mol. The molecule has 0 heterocycles. The smallest absolute Gasteiger partial charge is 0.455 e. The van der Waals surface area contributed by atoms with Gasteiger partial charge < -0.3 is 15.2 Å². The van der Waals surface area contributed by atoms with E-state index in [1.54, 1.807) is 12.1 Å². The normalized spacial score (nSPS) is 11.2. The third-order valence-corrected chi connectivity index (χ3v) is 2.93. The van der Waals surface area contributed by atoms with Crippen LogP contribution in [0.3, 0.4) is 0 Å². The Morgan fingerprint density at radius 1 is 0.950 bits per heavy atom. The van der Waals surface area contributed by atoms with Crippen molar-refractivity contribution in [2.45, 2.75) is 6.36 Å². The molecule has 2 aromatic rings. The summed E-state index contributed by atoms with van der Waals surface area (Å²) in [5, 5.41) is 0. The van der Waals surface area contributed by atoms with Crippen molar-refractivity contribution in [2.75, 3.05) is 5.73 Å². The van der Waals surface area contributed by atoms with E-state index in [1.807, 2.05) is 6.07 Å². The minimum Gasteiger partial charge on any atom is -0.455 e. The van der Waals surface area contributed by atoms with Gasteiger partial charge in [0.1, 0.15) is 17.2 Å². The second kappa shape index (κ2) is 5.78. The Balaban J connectivity index is 2.11. The van der Waals surface area contributed by atoms with Crippen molar-refractivity contribution >= 4 is 28.3 Å². The summed E-state index contributed by atoms with van der Waals surface area (Å²) >= 11 is 2.11. The SMILES string of the molecule is Nc1cc(I)ccc1Oc1ccc(OC(F)(F)F)cc1. The lowest BCUT2D eigenvalue weighted by molar-refractivity contribution is -0.274. The van der Waals surface area contributed by atoms with Gasteiger partial charge in [0.15, 0.2) is 0 Å². The van der Waals surface area contributed by atoms with E-state index in [2.05, 4.69) is 27.3 Å². The number of hydrogen-bond acceptors (Lipinski definition) is 3. The molecule has 0 spiro atoms. The zero-order valence-electron chi connectivity index (χ0n) is 9.95. The number of hydrogen-bond donors (Lipinski definition) is 1. The summed E-state index contributed by atoms with van der Waals surface area (Å²) in [6.45, 7) is 0. The van der Waals surface area contributed by atoms with Crippen LogP contribution in [0.25, 0.3) is 0 Å². The van der Waals surface area contributed by atoms with Gasteiger partial charge in [0.2, 0.25) is 0 Å². The number of ether oxygens (including phenoxy) is 2. The highest BCUT2D eigenvalue weighted by Crippen LogP contribution is 2.30. The first-order valence-corrected chi connectivity index (χ1v) is 6.50. The van der Waals surface area contributed by atoms with E-state index in [4.69, 9.17) is 10.5 Å². The molecule has 0 amide bonds. The third-order valence-electron chi connectivity index (χ3n) is 2.26. The van der Waals surface area contributed by atoms with Crippen LogP contribution in [-0.2, 0) is 0 Å². The standard InChI is InChI=1S/C13H9F3INO2/c14-13(15,16)20-10-4-2-9(3-5-10)19-12-6-1-8(17)7-11(12)18/h1-7H,18H2. The minimum absolute atomic E-state index is 0.305. The molecule has 2 aromatic carbocycles. The Hall–Kier alpha value is -1.64. The van der Waals surface area contributed by atoms with Crippen LogP contribution in [0.5, 0.6) is 17.2 Å². The number of halogens is 4. The molecule has 0 aromatic heterocycles. The Morgan fingerprint density at radius 2 is 1.55 bits per heavy atom. The molecule has 0 saturated heterocycles. The number of alkyl halides is 3. The second-order valence-corrected chi connectivity index (χ2v) is 5.05. The van der Waals surface area contributed by atoms with E-state index >= 15 is 0 Å². The summed E-state index contributed by atoms with van der Waals surface area (Å²) in [5.74, 6) is 0.503.